The number of allylic oxidation sites excluding steroid dienone is 2. The van der Waals surface area contributed by atoms with Gasteiger partial charge in [0.2, 0.25) is 0 Å². The molecule has 0 N–H and O–H groups in total. The molecule has 0 atom stereocenters. The number of rotatable bonds is 0. The highest BCUT2D eigenvalue weighted by Gasteiger charge is 2.32. The van der Waals surface area contributed by atoms with Crippen LogP contribution in [0.5, 0.6) is 0 Å². The smallest absolute Gasteiger partial charge is 0.387 e. The first-order valence-electron chi connectivity index (χ1n) is 4.55. The molecule has 0 aromatic rings. The van der Waals surface area contributed by atoms with Crippen LogP contribution in [0, 0.1) is 0 Å². The molecule has 1 saturated heterocycles. The molecule has 4 nitrogen and oxygen atoms in total. The molecular formula is C10H13N2O2+. The Hall–Kier alpha value is -1.58. The standard InChI is InChI=1S/C10H13N2O2/c1-11-6-4-3-5-8-10(11)14-7-9(13)12(8)2/h3-5H,6-7H2,1-2H3/q+1. The largest absolute Gasteiger partial charge is 0.433 e. The van der Waals surface area contributed by atoms with E-state index in [1.807, 2.05) is 29.9 Å². The molecule has 2 aliphatic heterocycles. The van der Waals surface area contributed by atoms with Gasteiger partial charge in [-0.1, -0.05) is 6.08 Å². The lowest BCUT2D eigenvalue weighted by Gasteiger charge is -2.24. The van der Waals surface area contributed by atoms with Gasteiger partial charge in [-0.2, -0.15) is 4.58 Å². The minimum absolute atomic E-state index is 0.0105. The lowest BCUT2D eigenvalue weighted by Crippen LogP contribution is -2.42. The fraction of sp³-hybridized carbons (Fsp3) is 0.400. The summed E-state index contributed by atoms with van der Waals surface area (Å²) in [4.78, 5) is 13.0. The predicted molar refractivity (Wildman–Crippen MR) is 52.0 cm³/mol. The number of hydrogen-bond donors (Lipinski definition) is 0. The molecular weight excluding hydrogens is 180 g/mol. The highest BCUT2D eigenvalue weighted by molar-refractivity contribution is 5.99. The van der Waals surface area contributed by atoms with Crippen molar-refractivity contribution >= 4 is 11.8 Å². The van der Waals surface area contributed by atoms with Gasteiger partial charge in [0, 0.05) is 7.05 Å². The van der Waals surface area contributed by atoms with Crippen molar-refractivity contribution < 1.29 is 14.1 Å². The number of nitrogens with zero attached hydrogens (tertiary/aromatic N) is 2. The molecule has 1 fully saturated rings. The van der Waals surface area contributed by atoms with Crippen LogP contribution in [0.3, 0.4) is 0 Å². The molecule has 74 valence electrons. The van der Waals surface area contributed by atoms with Crippen molar-refractivity contribution in [3.05, 3.63) is 23.9 Å². The number of amides is 1. The van der Waals surface area contributed by atoms with Crippen LogP contribution in [0.1, 0.15) is 0 Å². The third kappa shape index (κ3) is 1.32. The van der Waals surface area contributed by atoms with E-state index in [2.05, 4.69) is 0 Å². The molecule has 0 aromatic carbocycles. The number of carbonyl (C=O) groups is 1. The summed E-state index contributed by atoms with van der Waals surface area (Å²) in [5, 5.41) is 0. The second-order valence-corrected chi connectivity index (χ2v) is 3.41. The predicted octanol–water partition coefficient (Wildman–Crippen LogP) is -0.0305. The van der Waals surface area contributed by atoms with E-state index < -0.39 is 0 Å². The van der Waals surface area contributed by atoms with Crippen molar-refractivity contribution in [1.29, 1.82) is 0 Å². The quantitative estimate of drug-likeness (QED) is 0.506. The molecule has 0 bridgehead atoms. The minimum atomic E-state index is -0.0105. The van der Waals surface area contributed by atoms with E-state index in [0.29, 0.717) is 0 Å². The Bertz CT molecular complexity index is 366. The maximum atomic E-state index is 11.4. The van der Waals surface area contributed by atoms with E-state index in [-0.39, 0.29) is 12.5 Å². The van der Waals surface area contributed by atoms with Gasteiger partial charge < -0.3 is 9.64 Å². The fourth-order valence-electron chi connectivity index (χ4n) is 1.53. The normalized spacial score (nSPS) is 21.4. The van der Waals surface area contributed by atoms with Crippen LogP contribution >= 0.6 is 0 Å². The molecule has 2 heterocycles. The van der Waals surface area contributed by atoms with E-state index in [0.717, 1.165) is 18.1 Å². The highest BCUT2D eigenvalue weighted by Crippen LogP contribution is 2.13. The van der Waals surface area contributed by atoms with Crippen molar-refractivity contribution in [3.8, 4) is 0 Å². The van der Waals surface area contributed by atoms with Gasteiger partial charge in [0.1, 0.15) is 7.05 Å². The van der Waals surface area contributed by atoms with Crippen LogP contribution in [0.15, 0.2) is 23.9 Å². The zero-order valence-corrected chi connectivity index (χ0v) is 8.36. The topological polar surface area (TPSA) is 32.6 Å². The van der Waals surface area contributed by atoms with E-state index >= 15 is 0 Å². The fourth-order valence-corrected chi connectivity index (χ4v) is 1.53. The number of ether oxygens (including phenoxy) is 1. The average Bonchev–Trinajstić information content (AvgIpc) is 2.35. The van der Waals surface area contributed by atoms with Crippen LogP contribution in [-0.4, -0.2) is 48.5 Å². The summed E-state index contributed by atoms with van der Waals surface area (Å²) in [7, 11) is 3.71. The monoisotopic (exact) mass is 193 g/mol. The first kappa shape index (κ1) is 8.99. The van der Waals surface area contributed by atoms with Crippen molar-refractivity contribution in [1.82, 2.24) is 4.90 Å². The second kappa shape index (κ2) is 3.29. The molecule has 0 saturated carbocycles. The Morgan fingerprint density at radius 2 is 2.36 bits per heavy atom. The lowest BCUT2D eigenvalue weighted by molar-refractivity contribution is -0.495. The van der Waals surface area contributed by atoms with Crippen molar-refractivity contribution in [2.24, 2.45) is 0 Å². The Kier molecular flexibility index (Phi) is 2.11. The summed E-state index contributed by atoms with van der Waals surface area (Å²) in [6.07, 6.45) is 5.87. The van der Waals surface area contributed by atoms with Crippen LogP contribution in [0.2, 0.25) is 0 Å². The zero-order chi connectivity index (χ0) is 10.1. The first-order chi connectivity index (χ1) is 6.70. The molecule has 14 heavy (non-hydrogen) atoms. The van der Waals surface area contributed by atoms with Gasteiger partial charge in [0.15, 0.2) is 18.8 Å². The summed E-state index contributed by atoms with van der Waals surface area (Å²) in [5.74, 6) is 0.765. The average molecular weight is 193 g/mol. The highest BCUT2D eigenvalue weighted by atomic mass is 16.5. The van der Waals surface area contributed by atoms with Crippen LogP contribution < -0.4 is 0 Å². The van der Waals surface area contributed by atoms with Crippen molar-refractivity contribution in [2.75, 3.05) is 27.2 Å². The number of hydrogen-bond acceptors (Lipinski definition) is 2. The van der Waals surface area contributed by atoms with E-state index in [4.69, 9.17) is 4.74 Å². The maximum Gasteiger partial charge on any atom is 0.387 e. The Morgan fingerprint density at radius 3 is 3.14 bits per heavy atom. The summed E-state index contributed by atoms with van der Waals surface area (Å²) in [6, 6.07) is 0. The number of carbonyl (C=O) groups excluding carboxylic acids is 1. The first-order valence-corrected chi connectivity index (χ1v) is 4.55. The van der Waals surface area contributed by atoms with Gasteiger partial charge in [-0.3, -0.25) is 4.79 Å². The van der Waals surface area contributed by atoms with Crippen molar-refractivity contribution in [2.45, 2.75) is 0 Å². The van der Waals surface area contributed by atoms with Crippen LogP contribution in [0.4, 0.5) is 0 Å². The van der Waals surface area contributed by atoms with E-state index in [1.54, 1.807) is 11.9 Å². The number of fused-ring (bicyclic) bond motifs is 1. The van der Waals surface area contributed by atoms with Gasteiger partial charge in [-0.05, 0) is 12.2 Å². The van der Waals surface area contributed by atoms with Gasteiger partial charge in [-0.25, -0.2) is 0 Å². The van der Waals surface area contributed by atoms with Crippen LogP contribution in [0.25, 0.3) is 0 Å². The SMILES string of the molecule is CN1C(=O)COC2=[N+](C)CC=CC=C21. The van der Waals surface area contributed by atoms with Crippen LogP contribution in [-0.2, 0) is 9.53 Å². The second-order valence-electron chi connectivity index (χ2n) is 3.41. The maximum absolute atomic E-state index is 11.4. The Labute approximate surface area is 82.8 Å². The molecule has 1 amide bonds. The van der Waals surface area contributed by atoms with Gasteiger partial charge in [0.25, 0.3) is 5.91 Å². The van der Waals surface area contributed by atoms with E-state index in [9.17, 15) is 4.79 Å². The molecule has 2 rings (SSSR count). The summed E-state index contributed by atoms with van der Waals surface area (Å²) >= 11 is 0. The summed E-state index contributed by atoms with van der Waals surface area (Å²) in [5.41, 5.74) is 0.831. The summed E-state index contributed by atoms with van der Waals surface area (Å²) < 4.78 is 7.38. The molecule has 4 heteroatoms. The third-order valence-electron chi connectivity index (χ3n) is 2.40. The molecule has 0 aliphatic carbocycles. The van der Waals surface area contributed by atoms with Crippen molar-refractivity contribution in [3.63, 3.8) is 0 Å². The molecule has 0 radical (unpaired) electrons. The summed E-state index contributed by atoms with van der Waals surface area (Å²) in [6.45, 7) is 0.935. The molecule has 0 unspecified atom stereocenters. The zero-order valence-electron chi connectivity index (χ0n) is 8.36. The molecule has 2 aliphatic rings. The lowest BCUT2D eigenvalue weighted by atomic mass is 10.3. The third-order valence-corrected chi connectivity index (χ3v) is 2.40. The minimum Gasteiger partial charge on any atom is -0.433 e. The Balaban J connectivity index is 2.45. The van der Waals surface area contributed by atoms with Gasteiger partial charge in [-0.15, -0.1) is 0 Å². The van der Waals surface area contributed by atoms with Gasteiger partial charge >= 0.3 is 5.90 Å². The molecule has 0 aromatic heterocycles. The Morgan fingerprint density at radius 1 is 1.57 bits per heavy atom. The number of morpholine rings is 1. The van der Waals surface area contributed by atoms with Gasteiger partial charge in [0.05, 0.1) is 0 Å². The number of likely N-dealkylation sites (N-methyl/N-ethyl adjacent to an activating group) is 2. The van der Waals surface area contributed by atoms with E-state index in [1.165, 1.54) is 0 Å². The molecule has 0 spiro atoms.